The van der Waals surface area contributed by atoms with Crippen molar-refractivity contribution in [3.05, 3.63) is 95.8 Å². The fourth-order valence-electron chi connectivity index (χ4n) is 4.45. The molecule has 7 rings (SSSR count). The van der Waals surface area contributed by atoms with E-state index >= 15 is 0 Å². The van der Waals surface area contributed by atoms with E-state index in [0.29, 0.717) is 0 Å². The van der Waals surface area contributed by atoms with E-state index in [2.05, 4.69) is 83.2 Å². The fourth-order valence-corrected chi connectivity index (χ4v) is 5.03. The van der Waals surface area contributed by atoms with Crippen LogP contribution in [0.4, 0.5) is 0 Å². The van der Waals surface area contributed by atoms with Gasteiger partial charge in [0.25, 0.3) is 5.76 Å². The van der Waals surface area contributed by atoms with E-state index in [-0.39, 0.29) is 72.7 Å². The molecule has 1 saturated heterocycles. The van der Waals surface area contributed by atoms with Crippen LogP contribution in [0.3, 0.4) is 0 Å². The molecule has 1 atom stereocenters. The first-order valence-electron chi connectivity index (χ1n) is 14.4. The molecule has 5 aromatic rings. The van der Waals surface area contributed by atoms with Crippen LogP contribution in [0.2, 0.25) is 20.5 Å². The van der Waals surface area contributed by atoms with Crippen molar-refractivity contribution >= 4 is 171 Å². The van der Waals surface area contributed by atoms with Crippen molar-refractivity contribution < 1.29 is 93.3 Å². The van der Waals surface area contributed by atoms with Crippen LogP contribution in [-0.4, -0.2) is 90.8 Å². The topological polar surface area (TPSA) is 126 Å². The average molecular weight is 861 g/mol. The van der Waals surface area contributed by atoms with E-state index in [1.54, 1.807) is 6.26 Å². The molecule has 18 heteroatoms. The first-order chi connectivity index (χ1) is 22.2. The zero-order valence-corrected chi connectivity index (χ0v) is 41.0. The summed E-state index contributed by atoms with van der Waals surface area (Å²) >= 11 is 8.27. The first kappa shape index (κ1) is 47.5. The molecule has 47 heavy (non-hydrogen) atoms. The summed E-state index contributed by atoms with van der Waals surface area (Å²) in [5.74, 6) is 0.939. The third-order valence-electron chi connectivity index (χ3n) is 6.11. The molecule has 3 heterocycles. The number of halogens is 1. The van der Waals surface area contributed by atoms with Crippen LogP contribution in [0.15, 0.2) is 81.6 Å². The third kappa shape index (κ3) is 15.4. The maximum atomic E-state index is 8.87. The van der Waals surface area contributed by atoms with Crippen LogP contribution in [0.5, 0.6) is 0 Å². The molecular formula is C29H29B3IK3O9PS+. The Morgan fingerprint density at radius 1 is 0.830 bits per heavy atom. The number of para-hydroxylation sites is 3. The summed E-state index contributed by atoms with van der Waals surface area (Å²) in [7, 11) is -3.56. The monoisotopic (exact) mass is 861 g/mol. The number of fused-ring (bicyclic) bond motifs is 6. The van der Waals surface area contributed by atoms with Crippen molar-refractivity contribution in [2.75, 3.05) is 6.26 Å². The summed E-state index contributed by atoms with van der Waals surface area (Å²) in [6.07, 6.45) is 8.80. The van der Waals surface area contributed by atoms with Gasteiger partial charge in [-0.1, -0.05) is 48.5 Å². The molecule has 2 aliphatic rings. The maximum absolute atomic E-state index is 8.87. The molecule has 1 fully saturated rings. The summed E-state index contributed by atoms with van der Waals surface area (Å²) in [4.78, 5) is 8.87. The van der Waals surface area contributed by atoms with Crippen molar-refractivity contribution in [3.63, 3.8) is 0 Å². The summed E-state index contributed by atoms with van der Waals surface area (Å²) < 4.78 is 39.2. The number of hydrogen-bond acceptors (Lipinski definition) is 10. The van der Waals surface area contributed by atoms with Crippen molar-refractivity contribution in [2.24, 2.45) is 0 Å². The van der Waals surface area contributed by atoms with Gasteiger partial charge in [0, 0.05) is 33.4 Å². The second-order valence-electron chi connectivity index (χ2n) is 9.09. The van der Waals surface area contributed by atoms with Gasteiger partial charge in [0.15, 0.2) is 5.58 Å². The molecule has 2 aromatic heterocycles. The van der Waals surface area contributed by atoms with Crippen LogP contribution in [0, 0.1) is 13.0 Å². The number of hydrogen-bond donors (Lipinski definition) is 1. The van der Waals surface area contributed by atoms with E-state index < -0.39 is 8.25 Å². The second kappa shape index (κ2) is 26.2. The molecule has 0 N–H and O–H groups in total. The number of rotatable bonds is 1. The Labute approximate surface area is 384 Å². The van der Waals surface area contributed by atoms with Crippen LogP contribution in [0.25, 0.3) is 42.6 Å². The summed E-state index contributed by atoms with van der Waals surface area (Å²) in [5, 5.41) is 12.1. The molecule has 0 bridgehead atoms. The second-order valence-corrected chi connectivity index (χ2v) is 10.8. The van der Waals surface area contributed by atoms with Gasteiger partial charge >= 0.3 is 144 Å². The molecular weight excluding hydrogens is 832 g/mol. The van der Waals surface area contributed by atoms with E-state index in [1.807, 2.05) is 69.0 Å². The number of benzene rings is 3. The number of thiol groups is 1. The van der Waals surface area contributed by atoms with Gasteiger partial charge in [-0.25, -0.2) is 4.67 Å². The zero-order chi connectivity index (χ0) is 34.2. The van der Waals surface area contributed by atoms with Crippen molar-refractivity contribution in [1.82, 2.24) is 0 Å². The van der Waals surface area contributed by atoms with Gasteiger partial charge in [0.1, 0.15) is 22.8 Å². The molecule has 0 radical (unpaired) electrons. The molecule has 3 aromatic carbocycles. The predicted octanol–water partition coefficient (Wildman–Crippen LogP) is 3.42. The number of allylic oxidation sites excluding steroid dienone is 2. The van der Waals surface area contributed by atoms with E-state index in [0.717, 1.165) is 26.1 Å². The minimum absolute atomic E-state index is 0. The molecule has 1 aliphatic carbocycles. The van der Waals surface area contributed by atoms with Crippen LogP contribution < -0.4 is 61.5 Å². The van der Waals surface area contributed by atoms with Crippen molar-refractivity contribution in [1.29, 1.82) is 0 Å². The van der Waals surface area contributed by atoms with Gasteiger partial charge < -0.3 is 32.7 Å². The van der Waals surface area contributed by atoms with Gasteiger partial charge in [0.2, 0.25) is 3.58 Å². The zero-order valence-electron chi connectivity index (χ0n) is 27.7. The van der Waals surface area contributed by atoms with Gasteiger partial charge in [-0.3, -0.25) is 0 Å². The number of furan rings is 2. The Morgan fingerprint density at radius 3 is 1.83 bits per heavy atom. The van der Waals surface area contributed by atoms with E-state index in [4.69, 9.17) is 37.3 Å². The fraction of sp³-hybridized carbons (Fsp3) is 0.172. The van der Waals surface area contributed by atoms with Crippen LogP contribution in [0.1, 0.15) is 16.9 Å². The third-order valence-corrected chi connectivity index (χ3v) is 7.03. The Balaban J connectivity index is 0.000000316. The van der Waals surface area contributed by atoms with Gasteiger partial charge in [-0.15, -0.1) is 0 Å². The molecule has 0 saturated carbocycles. The molecule has 1 aliphatic heterocycles. The minimum atomic E-state index is -3.15. The Hall–Kier alpha value is 2.43. The van der Waals surface area contributed by atoms with Crippen molar-refractivity contribution in [3.8, 4) is 0 Å². The molecule has 0 amide bonds. The SMILES string of the molecule is CB1OB(C)OB(C)O1.CS.Cc1cccc2c1oc1ccccc12.IC1=[C+]C=Cc2c1oc1ccccc21.O=[P+]([O-])O[O-].[K+].[K][K]. The van der Waals surface area contributed by atoms with Gasteiger partial charge in [-0.2, -0.15) is 12.6 Å². The average Bonchev–Trinajstić information content (AvgIpc) is 3.64. The Morgan fingerprint density at radius 2 is 1.30 bits per heavy atom. The molecule has 1 unspecified atom stereocenters. The van der Waals surface area contributed by atoms with Crippen LogP contribution >= 0.6 is 43.5 Å². The first-order valence-corrected chi connectivity index (χ1v) is 33.4. The molecule has 9 nitrogen and oxygen atoms in total. The molecule has 0 spiro atoms. The number of aryl methyl sites for hydroxylation is 1. The normalized spacial score (nSPS) is 12.9. The van der Waals surface area contributed by atoms with Crippen LogP contribution in [-0.2, 0) is 23.0 Å². The van der Waals surface area contributed by atoms with E-state index in [1.165, 1.54) is 90.4 Å². The standard InChI is InChI=1S/C13H10O.C12H6IO.C3H9B3O3.CH4S.3K.HO4P/c1-9-5-4-7-11-10-6-2-3-8-12(10)14-13(9)11;13-10-6-3-5-9-8-4-1-2-7-11(8)14-12(9)10;1-4-7-5(2)9-6(3)8-4;1-2;;;;1-4-5(2)3/h2-8H,1H3;1-5,7H;1-3H3;2H,1H3;;;;1H/q;+1;;;;;+1;/p-1. The van der Waals surface area contributed by atoms with E-state index in [9.17, 15) is 0 Å². The summed E-state index contributed by atoms with van der Waals surface area (Å²) in [5.41, 5.74) is 5.29. The quantitative estimate of drug-likeness (QED) is 0.0514. The van der Waals surface area contributed by atoms with Gasteiger partial charge in [-0.05, 0) is 62.0 Å². The Bertz CT molecular complexity index is 1730. The summed E-state index contributed by atoms with van der Waals surface area (Å²) in [6, 6.07) is 22.5. The van der Waals surface area contributed by atoms with Gasteiger partial charge in [0.05, 0.1) is 17.5 Å². The van der Waals surface area contributed by atoms with Crippen molar-refractivity contribution in [2.45, 2.75) is 27.4 Å². The molecule has 228 valence electrons. The summed E-state index contributed by atoms with van der Waals surface area (Å²) in [6.45, 7) is 7.64. The predicted molar refractivity (Wildman–Crippen MR) is 198 cm³/mol. The Kier molecular flexibility index (Phi) is 26.5.